The van der Waals surface area contributed by atoms with Gasteiger partial charge in [0.2, 0.25) is 0 Å². The third kappa shape index (κ3) is 3.90. The molecule has 1 saturated heterocycles. The minimum absolute atomic E-state index is 0.0233. The molecule has 1 aromatic carbocycles. The molecule has 0 aromatic heterocycles. The molecule has 1 aliphatic heterocycles. The van der Waals surface area contributed by atoms with Gasteiger partial charge in [0.25, 0.3) is 0 Å². The zero-order chi connectivity index (χ0) is 18.6. The molecular formula is C19H29N3O3. The van der Waals surface area contributed by atoms with E-state index < -0.39 is 0 Å². The minimum Gasteiger partial charge on any atom is -0.496 e. The van der Waals surface area contributed by atoms with Crippen LogP contribution in [-0.2, 0) is 9.53 Å². The number of carbonyl (C=O) groups is 1. The lowest BCUT2D eigenvalue weighted by Crippen LogP contribution is -2.59. The summed E-state index contributed by atoms with van der Waals surface area (Å²) in [6.45, 7) is 8.23. The Labute approximate surface area is 150 Å². The van der Waals surface area contributed by atoms with E-state index in [1.165, 1.54) is 0 Å². The van der Waals surface area contributed by atoms with Crippen LogP contribution < -0.4 is 15.5 Å². The van der Waals surface area contributed by atoms with Crippen molar-refractivity contribution in [1.82, 2.24) is 15.8 Å². The smallest absolute Gasteiger partial charge is 0.337 e. The van der Waals surface area contributed by atoms with Gasteiger partial charge in [-0.15, -0.1) is 0 Å². The number of hydrogen-bond acceptors (Lipinski definition) is 6. The fraction of sp³-hybridized carbons (Fsp3) is 0.526. The quantitative estimate of drug-likeness (QED) is 0.631. The van der Waals surface area contributed by atoms with Crippen LogP contribution in [0.2, 0.25) is 0 Å². The number of nitrogens with one attached hydrogen (secondary N) is 2. The van der Waals surface area contributed by atoms with Crippen LogP contribution in [0.25, 0.3) is 0 Å². The SMILES string of the molecule is CCOC(=O)/C(C)=C1\NC(c2ccccc2OC)CC(C)(C)N1NC. The average molecular weight is 347 g/mol. The van der Waals surface area contributed by atoms with Gasteiger partial charge in [0.1, 0.15) is 11.6 Å². The normalized spacial score (nSPS) is 21.4. The lowest BCUT2D eigenvalue weighted by atomic mass is 9.87. The predicted octanol–water partition coefficient (Wildman–Crippen LogP) is 2.74. The fourth-order valence-corrected chi connectivity index (χ4v) is 3.34. The van der Waals surface area contributed by atoms with Crippen molar-refractivity contribution in [2.45, 2.75) is 45.7 Å². The van der Waals surface area contributed by atoms with Crippen LogP contribution in [0.1, 0.15) is 45.7 Å². The van der Waals surface area contributed by atoms with E-state index in [1.54, 1.807) is 14.0 Å². The zero-order valence-electron chi connectivity index (χ0n) is 16.0. The molecule has 1 unspecified atom stereocenters. The van der Waals surface area contributed by atoms with Crippen molar-refractivity contribution in [2.75, 3.05) is 20.8 Å². The number of hydrogen-bond donors (Lipinski definition) is 2. The van der Waals surface area contributed by atoms with Crippen molar-refractivity contribution in [3.63, 3.8) is 0 Å². The number of benzene rings is 1. The molecule has 1 heterocycles. The summed E-state index contributed by atoms with van der Waals surface area (Å²) in [5.41, 5.74) is 4.60. The molecule has 6 heteroatoms. The zero-order valence-corrected chi connectivity index (χ0v) is 16.0. The summed E-state index contributed by atoms with van der Waals surface area (Å²) in [5, 5.41) is 5.49. The molecule has 2 N–H and O–H groups in total. The van der Waals surface area contributed by atoms with Gasteiger partial charge in [-0.25, -0.2) is 10.2 Å². The van der Waals surface area contributed by atoms with Gasteiger partial charge >= 0.3 is 5.97 Å². The molecule has 0 amide bonds. The first-order valence-electron chi connectivity index (χ1n) is 8.60. The van der Waals surface area contributed by atoms with Gasteiger partial charge in [0, 0.05) is 12.6 Å². The molecule has 138 valence electrons. The lowest BCUT2D eigenvalue weighted by Gasteiger charge is -2.49. The Bertz CT molecular complexity index is 655. The largest absolute Gasteiger partial charge is 0.496 e. The molecule has 1 aliphatic rings. The molecule has 1 aromatic rings. The number of methoxy groups -OCH3 is 1. The first-order valence-corrected chi connectivity index (χ1v) is 8.60. The van der Waals surface area contributed by atoms with Crippen LogP contribution in [0.4, 0.5) is 0 Å². The Balaban J connectivity index is 2.47. The first-order chi connectivity index (χ1) is 11.9. The molecule has 1 atom stereocenters. The van der Waals surface area contributed by atoms with Gasteiger partial charge in [-0.05, 0) is 40.2 Å². The average Bonchev–Trinajstić information content (AvgIpc) is 2.59. The van der Waals surface area contributed by atoms with Crippen molar-refractivity contribution >= 4 is 5.97 Å². The van der Waals surface area contributed by atoms with Crippen molar-refractivity contribution in [3.05, 3.63) is 41.2 Å². The molecule has 0 bridgehead atoms. The van der Waals surface area contributed by atoms with Gasteiger partial charge in [0.05, 0.1) is 30.9 Å². The Morgan fingerprint density at radius 2 is 2.08 bits per heavy atom. The summed E-state index contributed by atoms with van der Waals surface area (Å²) >= 11 is 0. The van der Waals surface area contributed by atoms with E-state index in [-0.39, 0.29) is 17.6 Å². The summed E-state index contributed by atoms with van der Waals surface area (Å²) < 4.78 is 10.7. The van der Waals surface area contributed by atoms with Gasteiger partial charge in [-0.3, -0.25) is 5.01 Å². The second-order valence-electron chi connectivity index (χ2n) is 6.71. The maximum Gasteiger partial charge on any atom is 0.337 e. The predicted molar refractivity (Wildman–Crippen MR) is 97.8 cm³/mol. The van der Waals surface area contributed by atoms with Crippen LogP contribution in [0.15, 0.2) is 35.7 Å². The van der Waals surface area contributed by atoms with E-state index in [0.29, 0.717) is 12.2 Å². The molecule has 0 spiro atoms. The monoisotopic (exact) mass is 347 g/mol. The third-order valence-corrected chi connectivity index (χ3v) is 4.52. The minimum atomic E-state index is -0.318. The number of para-hydroxylation sites is 1. The highest BCUT2D eigenvalue weighted by molar-refractivity contribution is 5.88. The van der Waals surface area contributed by atoms with Gasteiger partial charge in [0.15, 0.2) is 0 Å². The van der Waals surface area contributed by atoms with E-state index in [2.05, 4.69) is 30.7 Å². The van der Waals surface area contributed by atoms with Crippen molar-refractivity contribution in [3.8, 4) is 5.75 Å². The van der Waals surface area contributed by atoms with Gasteiger partial charge in [-0.1, -0.05) is 18.2 Å². The molecule has 25 heavy (non-hydrogen) atoms. The second-order valence-corrected chi connectivity index (χ2v) is 6.71. The van der Waals surface area contributed by atoms with Gasteiger partial charge in [-0.2, -0.15) is 0 Å². The molecular weight excluding hydrogens is 318 g/mol. The topological polar surface area (TPSA) is 62.8 Å². The maximum absolute atomic E-state index is 12.3. The molecule has 0 radical (unpaired) electrons. The molecule has 2 rings (SSSR count). The number of hydrazine groups is 1. The van der Waals surface area contributed by atoms with Crippen molar-refractivity contribution < 1.29 is 14.3 Å². The van der Waals surface area contributed by atoms with E-state index in [0.717, 1.165) is 23.6 Å². The van der Waals surface area contributed by atoms with E-state index in [9.17, 15) is 4.79 Å². The molecule has 0 aliphatic carbocycles. The van der Waals surface area contributed by atoms with Crippen LogP contribution >= 0.6 is 0 Å². The van der Waals surface area contributed by atoms with E-state index in [1.807, 2.05) is 37.2 Å². The second kappa shape index (κ2) is 7.78. The van der Waals surface area contributed by atoms with Crippen molar-refractivity contribution in [2.24, 2.45) is 0 Å². The standard InChI is InChI=1S/C19H29N3O3/c1-7-25-18(23)13(2)17-21-15(12-19(3,4)22(17)20-5)14-10-8-9-11-16(14)24-6/h8-11,15,20-21H,7,12H2,1-6H3/b17-13+. The highest BCUT2D eigenvalue weighted by Crippen LogP contribution is 2.38. The fourth-order valence-electron chi connectivity index (χ4n) is 3.34. The van der Waals surface area contributed by atoms with E-state index in [4.69, 9.17) is 9.47 Å². The molecule has 0 saturated carbocycles. The van der Waals surface area contributed by atoms with E-state index >= 15 is 0 Å². The highest BCUT2D eigenvalue weighted by Gasteiger charge is 2.39. The highest BCUT2D eigenvalue weighted by atomic mass is 16.5. The number of esters is 1. The Morgan fingerprint density at radius 3 is 2.68 bits per heavy atom. The Hall–Kier alpha value is -2.21. The first kappa shape index (κ1) is 19.1. The number of ether oxygens (including phenoxy) is 2. The van der Waals surface area contributed by atoms with Crippen LogP contribution in [0.3, 0.4) is 0 Å². The molecule has 1 fully saturated rings. The molecule has 6 nitrogen and oxygen atoms in total. The number of nitrogens with zero attached hydrogens (tertiary/aromatic N) is 1. The number of carbonyl (C=O) groups excluding carboxylic acids is 1. The maximum atomic E-state index is 12.3. The summed E-state index contributed by atoms with van der Waals surface area (Å²) in [4.78, 5) is 12.3. The van der Waals surface area contributed by atoms with Crippen molar-refractivity contribution in [1.29, 1.82) is 0 Å². The third-order valence-electron chi connectivity index (χ3n) is 4.52. The van der Waals surface area contributed by atoms with Gasteiger partial charge < -0.3 is 14.8 Å². The summed E-state index contributed by atoms with van der Waals surface area (Å²) in [5.74, 6) is 1.25. The number of rotatable bonds is 5. The van der Waals surface area contributed by atoms with Crippen LogP contribution in [-0.4, -0.2) is 37.3 Å². The van der Waals surface area contributed by atoms with Crippen LogP contribution in [0, 0.1) is 0 Å². The lowest BCUT2D eigenvalue weighted by molar-refractivity contribution is -0.138. The Morgan fingerprint density at radius 1 is 1.40 bits per heavy atom. The Kier molecular flexibility index (Phi) is 5.95. The summed E-state index contributed by atoms with van der Waals surface area (Å²) in [6, 6.07) is 7.99. The summed E-state index contributed by atoms with van der Waals surface area (Å²) in [6.07, 6.45) is 0.841. The van der Waals surface area contributed by atoms with Crippen LogP contribution in [0.5, 0.6) is 5.75 Å². The summed E-state index contributed by atoms with van der Waals surface area (Å²) in [7, 11) is 3.53.